The number of hydrogen-bond donors (Lipinski definition) is 1. The van der Waals surface area contributed by atoms with E-state index in [1.54, 1.807) is 6.07 Å². The van der Waals surface area contributed by atoms with E-state index in [-0.39, 0.29) is 16.7 Å². The maximum Gasteiger partial charge on any atom is 0.273 e. The zero-order valence-corrected chi connectivity index (χ0v) is 12.7. The molecule has 0 unspecified atom stereocenters. The zero-order valence-electron chi connectivity index (χ0n) is 12.0. The molecular formula is C16H17ClN2O2. The van der Waals surface area contributed by atoms with E-state index in [1.807, 2.05) is 32.0 Å². The first-order valence-corrected chi connectivity index (χ1v) is 7.08. The van der Waals surface area contributed by atoms with Crippen molar-refractivity contribution in [3.05, 3.63) is 74.3 Å². The van der Waals surface area contributed by atoms with Crippen molar-refractivity contribution in [1.29, 1.82) is 0 Å². The first-order chi connectivity index (χ1) is 9.97. The first kappa shape index (κ1) is 15.5. The van der Waals surface area contributed by atoms with Crippen molar-refractivity contribution in [3.8, 4) is 0 Å². The SMILES string of the molecule is Cc1cccc([C@@H](C)NCc2cc(Cl)ccc2[N+](=O)[O-])c1. The minimum atomic E-state index is -0.384. The van der Waals surface area contributed by atoms with Crippen LogP contribution < -0.4 is 5.32 Å². The van der Waals surface area contributed by atoms with Gasteiger partial charge in [0.15, 0.2) is 0 Å². The third kappa shape index (κ3) is 4.03. The molecule has 0 aromatic heterocycles. The van der Waals surface area contributed by atoms with Gasteiger partial charge >= 0.3 is 0 Å². The molecule has 0 aliphatic rings. The molecule has 2 rings (SSSR count). The van der Waals surface area contributed by atoms with Crippen LogP contribution in [0.15, 0.2) is 42.5 Å². The molecule has 0 radical (unpaired) electrons. The summed E-state index contributed by atoms with van der Waals surface area (Å²) in [5.74, 6) is 0. The van der Waals surface area contributed by atoms with Crippen molar-refractivity contribution in [2.24, 2.45) is 0 Å². The maximum atomic E-state index is 11.0. The Morgan fingerprint density at radius 2 is 2.05 bits per heavy atom. The van der Waals surface area contributed by atoms with Crippen molar-refractivity contribution in [3.63, 3.8) is 0 Å². The fourth-order valence-corrected chi connectivity index (χ4v) is 2.39. The Morgan fingerprint density at radius 1 is 1.29 bits per heavy atom. The minimum absolute atomic E-state index is 0.0864. The number of benzene rings is 2. The number of nitro groups is 1. The highest BCUT2D eigenvalue weighted by molar-refractivity contribution is 6.30. The highest BCUT2D eigenvalue weighted by Gasteiger charge is 2.15. The predicted molar refractivity (Wildman–Crippen MR) is 84.5 cm³/mol. The summed E-state index contributed by atoms with van der Waals surface area (Å²) in [6.45, 7) is 4.47. The number of hydrogen-bond acceptors (Lipinski definition) is 3. The van der Waals surface area contributed by atoms with Crippen LogP contribution in [0.2, 0.25) is 5.02 Å². The normalized spacial score (nSPS) is 12.1. The van der Waals surface area contributed by atoms with Crippen LogP contribution in [0.5, 0.6) is 0 Å². The van der Waals surface area contributed by atoms with E-state index in [2.05, 4.69) is 11.4 Å². The van der Waals surface area contributed by atoms with Gasteiger partial charge in [-0.25, -0.2) is 0 Å². The highest BCUT2D eigenvalue weighted by atomic mass is 35.5. The average Bonchev–Trinajstić information content (AvgIpc) is 2.44. The number of nitrogens with one attached hydrogen (secondary N) is 1. The molecule has 0 aliphatic carbocycles. The highest BCUT2D eigenvalue weighted by Crippen LogP contribution is 2.23. The molecule has 2 aromatic carbocycles. The van der Waals surface area contributed by atoms with E-state index in [0.29, 0.717) is 17.1 Å². The number of aryl methyl sites for hydroxylation is 1. The summed E-state index contributed by atoms with van der Waals surface area (Å²) >= 11 is 5.92. The summed E-state index contributed by atoms with van der Waals surface area (Å²) in [4.78, 5) is 10.6. The second-order valence-corrected chi connectivity index (χ2v) is 5.48. The second-order valence-electron chi connectivity index (χ2n) is 5.05. The van der Waals surface area contributed by atoms with Crippen LogP contribution in [0.1, 0.15) is 29.7 Å². The third-order valence-corrected chi connectivity index (χ3v) is 3.61. The van der Waals surface area contributed by atoms with Crippen molar-refractivity contribution in [2.75, 3.05) is 0 Å². The quantitative estimate of drug-likeness (QED) is 0.657. The van der Waals surface area contributed by atoms with E-state index in [0.717, 1.165) is 5.56 Å². The summed E-state index contributed by atoms with van der Waals surface area (Å²) in [5.41, 5.74) is 3.02. The summed E-state index contributed by atoms with van der Waals surface area (Å²) in [5, 5.41) is 14.8. The monoisotopic (exact) mass is 304 g/mol. The maximum absolute atomic E-state index is 11.0. The Bertz CT molecular complexity index is 658. The van der Waals surface area contributed by atoms with Gasteiger partial charge in [-0.15, -0.1) is 0 Å². The lowest BCUT2D eigenvalue weighted by Gasteiger charge is -2.15. The molecule has 1 N–H and O–H groups in total. The van der Waals surface area contributed by atoms with Gasteiger partial charge in [0.1, 0.15) is 0 Å². The molecule has 0 bridgehead atoms. The molecule has 0 amide bonds. The molecule has 4 nitrogen and oxygen atoms in total. The lowest BCUT2D eigenvalue weighted by atomic mass is 10.1. The van der Waals surface area contributed by atoms with Crippen molar-refractivity contribution in [2.45, 2.75) is 26.4 Å². The summed E-state index contributed by atoms with van der Waals surface area (Å²) < 4.78 is 0. The summed E-state index contributed by atoms with van der Waals surface area (Å²) in [7, 11) is 0. The Kier molecular flexibility index (Phi) is 4.94. The van der Waals surface area contributed by atoms with E-state index in [1.165, 1.54) is 17.7 Å². The fraction of sp³-hybridized carbons (Fsp3) is 0.250. The van der Waals surface area contributed by atoms with Crippen molar-refractivity contribution in [1.82, 2.24) is 5.32 Å². The molecule has 0 aliphatic heterocycles. The van der Waals surface area contributed by atoms with Gasteiger partial charge in [0.05, 0.1) is 4.92 Å². The van der Waals surface area contributed by atoms with Crippen LogP contribution in [-0.4, -0.2) is 4.92 Å². The number of rotatable bonds is 5. The molecule has 110 valence electrons. The van der Waals surface area contributed by atoms with Gasteiger partial charge < -0.3 is 5.32 Å². The van der Waals surface area contributed by atoms with Gasteiger partial charge in [-0.2, -0.15) is 0 Å². The molecule has 0 saturated carbocycles. The number of halogens is 1. The topological polar surface area (TPSA) is 55.2 Å². The van der Waals surface area contributed by atoms with Gasteiger partial charge in [-0.3, -0.25) is 10.1 Å². The standard InChI is InChI=1S/C16H17ClN2O2/c1-11-4-3-5-13(8-11)12(2)18-10-14-9-15(17)6-7-16(14)19(20)21/h3-9,12,18H,10H2,1-2H3/t12-/m1/s1. The van der Waals surface area contributed by atoms with E-state index in [9.17, 15) is 10.1 Å². The molecular weight excluding hydrogens is 288 g/mol. The smallest absolute Gasteiger partial charge is 0.273 e. The van der Waals surface area contributed by atoms with E-state index >= 15 is 0 Å². The molecule has 2 aromatic rings. The van der Waals surface area contributed by atoms with Crippen LogP contribution in [0.25, 0.3) is 0 Å². The Morgan fingerprint density at radius 3 is 2.71 bits per heavy atom. The Balaban J connectivity index is 2.12. The van der Waals surface area contributed by atoms with Crippen LogP contribution in [0.3, 0.4) is 0 Å². The third-order valence-electron chi connectivity index (χ3n) is 3.38. The second kappa shape index (κ2) is 6.70. The number of nitro benzene ring substituents is 1. The lowest BCUT2D eigenvalue weighted by molar-refractivity contribution is -0.385. The summed E-state index contributed by atoms with van der Waals surface area (Å²) in [6.07, 6.45) is 0. The minimum Gasteiger partial charge on any atom is -0.306 e. The molecule has 0 spiro atoms. The fourth-order valence-electron chi connectivity index (χ4n) is 2.19. The van der Waals surface area contributed by atoms with Crippen LogP contribution in [0.4, 0.5) is 5.69 Å². The number of nitrogens with zero attached hydrogens (tertiary/aromatic N) is 1. The molecule has 21 heavy (non-hydrogen) atoms. The Hall–Kier alpha value is -1.91. The molecule has 0 saturated heterocycles. The average molecular weight is 305 g/mol. The van der Waals surface area contributed by atoms with Crippen molar-refractivity contribution < 1.29 is 4.92 Å². The van der Waals surface area contributed by atoms with Crippen LogP contribution in [0, 0.1) is 17.0 Å². The molecule has 0 heterocycles. The zero-order chi connectivity index (χ0) is 15.4. The van der Waals surface area contributed by atoms with Gasteiger partial charge in [0.2, 0.25) is 0 Å². The van der Waals surface area contributed by atoms with E-state index in [4.69, 9.17) is 11.6 Å². The Labute approximate surface area is 128 Å². The first-order valence-electron chi connectivity index (χ1n) is 6.70. The largest absolute Gasteiger partial charge is 0.306 e. The molecule has 0 fully saturated rings. The van der Waals surface area contributed by atoms with Gasteiger partial charge in [-0.05, 0) is 31.5 Å². The predicted octanol–water partition coefficient (Wildman–Crippen LogP) is 4.41. The van der Waals surface area contributed by atoms with Crippen molar-refractivity contribution >= 4 is 17.3 Å². The lowest BCUT2D eigenvalue weighted by Crippen LogP contribution is -2.18. The molecule has 1 atom stereocenters. The van der Waals surface area contributed by atoms with Gasteiger partial charge in [0, 0.05) is 29.2 Å². The van der Waals surface area contributed by atoms with Gasteiger partial charge in [-0.1, -0.05) is 41.4 Å². The van der Waals surface area contributed by atoms with Gasteiger partial charge in [0.25, 0.3) is 5.69 Å². The summed E-state index contributed by atoms with van der Waals surface area (Å²) in [6, 6.07) is 12.9. The van der Waals surface area contributed by atoms with E-state index < -0.39 is 0 Å². The van der Waals surface area contributed by atoms with Crippen LogP contribution in [-0.2, 0) is 6.54 Å². The van der Waals surface area contributed by atoms with Crippen LogP contribution >= 0.6 is 11.6 Å². The molecule has 5 heteroatoms.